The van der Waals surface area contributed by atoms with Gasteiger partial charge < -0.3 is 78.4 Å². The van der Waals surface area contributed by atoms with Crippen LogP contribution in [0.15, 0.2) is 237 Å². The first-order valence-electron chi connectivity index (χ1n) is 43.7. The van der Waals surface area contributed by atoms with Crippen molar-refractivity contribution in [1.29, 1.82) is 0 Å². The zero-order valence-electron chi connectivity index (χ0n) is 76.9. The Labute approximate surface area is 795 Å². The number of nitrogens with two attached hydrogens (primary N) is 1. The van der Waals surface area contributed by atoms with Gasteiger partial charge in [0.05, 0.1) is 66.5 Å². The predicted octanol–water partition coefficient (Wildman–Crippen LogP) is 17.3. The van der Waals surface area contributed by atoms with Crippen LogP contribution in [-0.4, -0.2) is 167 Å². The number of carbonyl (C=O) groups excluding carboxylic acids is 9. The highest BCUT2D eigenvalue weighted by Gasteiger charge is 2.42. The summed E-state index contributed by atoms with van der Waals surface area (Å²) >= 11 is 0. The van der Waals surface area contributed by atoms with Crippen molar-refractivity contribution in [2.24, 2.45) is 5.73 Å². The highest BCUT2D eigenvalue weighted by atomic mass is 31.2. The van der Waals surface area contributed by atoms with Crippen molar-refractivity contribution in [2.75, 3.05) is 64.4 Å². The first-order valence-corrected chi connectivity index (χ1v) is 50.6. The molecule has 4 unspecified atom stereocenters. The molecule has 0 bridgehead atoms. The molecule has 35 nitrogen and oxygen atoms in total. The number of phenols is 1. The van der Waals surface area contributed by atoms with Crippen molar-refractivity contribution in [1.82, 2.24) is 35.7 Å². The number of rotatable bonds is 41. The summed E-state index contributed by atoms with van der Waals surface area (Å²) in [6, 6.07) is 60.7. The Bertz CT molecular complexity index is 6000. The summed E-state index contributed by atoms with van der Waals surface area (Å²) in [5, 5.41) is 19.6. The molecule has 2 aliphatic rings. The summed E-state index contributed by atoms with van der Waals surface area (Å²) in [6.45, 7) is 15.2. The zero-order valence-corrected chi connectivity index (χ0v) is 80.5. The van der Waals surface area contributed by atoms with E-state index in [0.717, 1.165) is 11.1 Å². The smallest absolute Gasteiger partial charge is 0.407 e. The lowest BCUT2D eigenvalue weighted by Crippen LogP contribution is -2.30. The highest BCUT2D eigenvalue weighted by molar-refractivity contribution is 7.55. The molecule has 5 amide bonds. The fourth-order valence-corrected chi connectivity index (χ4v) is 20.1. The Kier molecular flexibility index (Phi) is 39.3. The van der Waals surface area contributed by atoms with E-state index >= 15 is 0 Å². The number of pyridine rings is 2. The summed E-state index contributed by atoms with van der Waals surface area (Å²) in [6.07, 6.45) is -3.63. The van der Waals surface area contributed by atoms with Gasteiger partial charge in [-0.05, 0) is 175 Å². The van der Waals surface area contributed by atoms with Crippen molar-refractivity contribution in [3.63, 3.8) is 0 Å². The molecule has 730 valence electrons. The average molecular weight is 1980 g/mol. The molecule has 13 rings (SSSR count). The molecule has 0 saturated carbocycles. The summed E-state index contributed by atoms with van der Waals surface area (Å²) in [4.78, 5) is 126. The van der Waals surface area contributed by atoms with E-state index in [1.165, 1.54) is 63.1 Å². The largest absolute Gasteiger partial charge is 0.505 e. The van der Waals surface area contributed by atoms with Crippen LogP contribution >= 0.6 is 30.4 Å². The SMILES string of the molecule is CCOC(=O)[C@H](C)OP(=O)(CCN)Oc1ccccc1.CCOC(=O)[C@H](C)OP(=O)(CCNC(=O)OCc1ccccc1)Oc1ccccc1.CCOC(=O)[C@H](C)OP(=O)(CNC(=O)c1c2c(c(C)c3ncccc13)C(=O)N(Cc1ccc(F)cc1)C2)Oc1ccccc1.CCOC(=O)[C@H](C)OP(=O)(CNC(=O)c1c2c(c(O)c3ncccc13)C(=O)N(Cc1ccc(F)cc1)C2)Oc1ccccc1. The maximum Gasteiger partial charge on any atom is 0.407 e. The van der Waals surface area contributed by atoms with Gasteiger partial charge in [0.25, 0.3) is 23.6 Å². The normalized spacial score (nSPS) is 14.4. The molecule has 9 aromatic carbocycles. The van der Waals surface area contributed by atoms with E-state index in [2.05, 4.69) is 25.9 Å². The summed E-state index contributed by atoms with van der Waals surface area (Å²) in [7, 11) is -15.7. The minimum atomic E-state index is -4.22. The number of halogens is 2. The number of nitrogens with zero attached hydrogens (tertiary/aromatic N) is 4. The number of phenolic OH excluding ortho intramolecular Hbond substituents is 1. The van der Waals surface area contributed by atoms with Crippen molar-refractivity contribution < 1.29 is 135 Å². The number of aromatic nitrogens is 2. The second-order valence-corrected chi connectivity index (χ2v) is 38.4. The van der Waals surface area contributed by atoms with Crippen LogP contribution in [0, 0.1) is 18.6 Å². The molecular formula is C97H106F2N8O27P4. The zero-order chi connectivity index (χ0) is 99.7. The molecule has 4 heterocycles. The van der Waals surface area contributed by atoms with Gasteiger partial charge in [0.15, 0.2) is 30.2 Å². The molecule has 0 saturated heterocycles. The van der Waals surface area contributed by atoms with Crippen LogP contribution in [0.3, 0.4) is 0 Å². The van der Waals surface area contributed by atoms with Gasteiger partial charge in [-0.1, -0.05) is 140 Å². The maximum absolute atomic E-state index is 14.0. The van der Waals surface area contributed by atoms with Crippen LogP contribution in [-0.2, 0) is 112 Å². The number of alkyl carbamates (subject to hydrolysis) is 1. The van der Waals surface area contributed by atoms with Crippen LogP contribution in [0.4, 0.5) is 13.6 Å². The average Bonchev–Trinajstić information content (AvgIpc) is 1.57. The van der Waals surface area contributed by atoms with Crippen LogP contribution < -0.4 is 39.8 Å². The van der Waals surface area contributed by atoms with E-state index in [1.54, 1.807) is 210 Å². The Morgan fingerprint density at radius 3 is 1.13 bits per heavy atom. The number of aromatic hydroxyl groups is 1. The minimum Gasteiger partial charge on any atom is -0.505 e. The van der Waals surface area contributed by atoms with Crippen LogP contribution in [0.2, 0.25) is 0 Å². The van der Waals surface area contributed by atoms with E-state index < -0.39 is 121 Å². The number of benzene rings is 9. The van der Waals surface area contributed by atoms with Gasteiger partial charge in [0, 0.05) is 68.0 Å². The Morgan fingerprint density at radius 2 is 0.754 bits per heavy atom. The van der Waals surface area contributed by atoms with Crippen LogP contribution in [0.1, 0.15) is 130 Å². The van der Waals surface area contributed by atoms with Crippen molar-refractivity contribution >= 4 is 106 Å². The fourth-order valence-electron chi connectivity index (χ4n) is 13.9. The predicted molar refractivity (Wildman–Crippen MR) is 505 cm³/mol. The molecule has 0 radical (unpaired) electrons. The molecule has 0 fully saturated rings. The fraction of sp³-hybridized carbons (Fsp3) is 0.289. The van der Waals surface area contributed by atoms with E-state index in [0.29, 0.717) is 44.7 Å². The second-order valence-electron chi connectivity index (χ2n) is 30.4. The summed E-state index contributed by atoms with van der Waals surface area (Å²) < 4.78 is 149. The standard InChI is InChI=1S/C32H31FN3O7P.C31H29FN3O8P.C21H26NO7P.C13H20NO5P/c1-4-41-32(39)21(3)42-44(40,43-24-9-6-5-7-10-24)19-35-30(37)28-25-11-8-16-34-29(25)20(2)27-26(28)18-36(31(27)38)17-22-12-14-23(33)15-13-22;1-3-41-31(39)19(2)42-44(40,43-22-8-5-4-6-9-22)18-34-29(37)25-23-10-7-15-33-27(23)28(36)26-24(25)17-35(30(26)38)16-20-11-13-21(32)14-12-20;1-3-26-20(23)17(2)28-30(25,29-19-12-8-5-9-13-19)15-14-22-21(24)27-16-18-10-6-4-7-11-18;1-3-17-13(15)11(2)18-20(16,10-9-14)19-12-7-5-4-6-8-12/h5-16,21H,4,17-19H2,1-3H3,(H,35,37);4-15,19,36H,3,16-18H2,1-2H3,(H,34,37);4-13,17H,3,14-16H2,1-2H3,(H,22,24);4-8,11H,3,9-10,14H2,1-2H3/t21-,44?;19-,44?;17-,30?;11-,20?/m0000/s1. The number of para-hydroxylation sites is 4. The molecular weight excluding hydrogens is 1870 g/mol. The van der Waals surface area contributed by atoms with E-state index in [9.17, 15) is 75.3 Å². The first kappa shape index (κ1) is 106. The van der Waals surface area contributed by atoms with E-state index in [-0.39, 0.29) is 147 Å². The third-order valence-corrected chi connectivity index (χ3v) is 27.3. The molecule has 138 heavy (non-hydrogen) atoms. The lowest BCUT2D eigenvalue weighted by atomic mass is 9.93. The van der Waals surface area contributed by atoms with Gasteiger partial charge in [-0.3, -0.25) is 47.2 Å². The quantitative estimate of drug-likeness (QED) is 0.0135. The van der Waals surface area contributed by atoms with Gasteiger partial charge in [-0.25, -0.2) is 51.0 Å². The molecule has 41 heteroatoms. The number of ether oxygens (including phenoxy) is 5. The van der Waals surface area contributed by atoms with Crippen molar-refractivity contribution in [3.8, 4) is 28.7 Å². The molecule has 2 aromatic heterocycles. The Balaban J connectivity index is 0.000000197. The van der Waals surface area contributed by atoms with Gasteiger partial charge in [0.1, 0.15) is 59.3 Å². The number of nitrogens with one attached hydrogen (secondary N) is 3. The van der Waals surface area contributed by atoms with Gasteiger partial charge in [-0.2, -0.15) is 0 Å². The van der Waals surface area contributed by atoms with Crippen LogP contribution in [0.25, 0.3) is 21.8 Å². The van der Waals surface area contributed by atoms with Gasteiger partial charge in [0.2, 0.25) is 0 Å². The molecule has 6 N–H and O–H groups in total. The first-order chi connectivity index (χ1) is 66.1. The Hall–Kier alpha value is -13.6. The number of hydrogen-bond donors (Lipinski definition) is 5. The van der Waals surface area contributed by atoms with Crippen LogP contribution in [0.5, 0.6) is 28.7 Å². The van der Waals surface area contributed by atoms with E-state index in [1.807, 2.05) is 36.4 Å². The van der Waals surface area contributed by atoms with Gasteiger partial charge >= 0.3 is 60.4 Å². The third-order valence-electron chi connectivity index (χ3n) is 20.1. The maximum atomic E-state index is 14.0. The minimum absolute atomic E-state index is 0.0195. The number of carbonyl (C=O) groups is 9. The second kappa shape index (κ2) is 51.0. The van der Waals surface area contributed by atoms with Crippen molar-refractivity contribution in [3.05, 3.63) is 304 Å². The Morgan fingerprint density at radius 1 is 0.420 bits per heavy atom. The molecule has 0 aliphatic carbocycles. The number of fused-ring (bicyclic) bond motifs is 4. The third kappa shape index (κ3) is 30.2. The topological polar surface area (TPSA) is 456 Å². The van der Waals surface area contributed by atoms with Gasteiger partial charge in [-0.15, -0.1) is 0 Å². The number of hydrogen-bond acceptors (Lipinski definition) is 30. The lowest BCUT2D eigenvalue weighted by molar-refractivity contribution is -0.151. The molecule has 0 spiro atoms. The number of esters is 4. The van der Waals surface area contributed by atoms with E-state index in [4.69, 9.17) is 65.6 Å². The lowest BCUT2D eigenvalue weighted by Gasteiger charge is -2.23. The molecule has 8 atom stereocenters. The monoisotopic (exact) mass is 1980 g/mol. The molecule has 2 aliphatic heterocycles. The molecule has 11 aromatic rings. The summed E-state index contributed by atoms with van der Waals surface area (Å²) in [5.74, 6) is -4.95. The summed E-state index contributed by atoms with van der Waals surface area (Å²) in [5.41, 5.74) is 10.0. The number of amides is 5. The number of aryl methyl sites for hydroxylation is 1. The highest BCUT2D eigenvalue weighted by Crippen LogP contribution is 2.53. The van der Waals surface area contributed by atoms with Crippen molar-refractivity contribution in [2.45, 2.75) is 120 Å².